The maximum Gasteiger partial charge on any atom is 0.265 e. The second-order valence-electron chi connectivity index (χ2n) is 3.48. The van der Waals surface area contributed by atoms with Gasteiger partial charge >= 0.3 is 0 Å². The van der Waals surface area contributed by atoms with Crippen molar-refractivity contribution in [1.29, 1.82) is 16.2 Å². The van der Waals surface area contributed by atoms with Crippen molar-refractivity contribution in [3.05, 3.63) is 0 Å². The molecule has 0 amide bonds. The average molecular weight is 293 g/mol. The number of guanidine groups is 6. The molecule has 0 unspecified atom stereocenters. The molecule has 0 saturated carbocycles. The minimum absolute atomic E-state index is 0.0587. The zero-order valence-corrected chi connectivity index (χ0v) is 10.5. The van der Waals surface area contributed by atoms with E-state index < -0.39 is 0 Å². The lowest BCUT2D eigenvalue weighted by molar-refractivity contribution is 0.824. The lowest BCUT2D eigenvalue weighted by atomic mass is 10.5. The van der Waals surface area contributed by atoms with Gasteiger partial charge in [-0.2, -0.15) is 30.0 Å². The smallest absolute Gasteiger partial charge is 0.241 e. The summed E-state index contributed by atoms with van der Waals surface area (Å²) in [5.74, 6) is -0.148. The zero-order chi connectivity index (χ0) is 15.5. The molecule has 0 aromatic heterocycles. The topological polar surface area (TPSA) is 186 Å². The van der Waals surface area contributed by atoms with E-state index in [0.29, 0.717) is 0 Å². The Morgan fingerprint density at radius 1 is 0.591 bits per heavy atom. The lowest BCUT2D eigenvalue weighted by Gasteiger charge is -2.27. The van der Waals surface area contributed by atoms with Crippen LogP contribution in [-0.2, 0) is 0 Å². The van der Waals surface area contributed by atoms with Crippen LogP contribution in [0.3, 0.4) is 0 Å². The summed E-state index contributed by atoms with van der Waals surface area (Å²) in [5.41, 5.74) is 0. The highest BCUT2D eigenvalue weighted by molar-refractivity contribution is 6.30. The maximum atomic E-state index is 6.85. The SMILES string of the molecule is N=C=NC1=NC2=NC(N=C=N)=NC3=NC(N=C=N)=NC(=N1)N23. The zero-order valence-electron chi connectivity index (χ0n) is 10.5. The molecule has 104 valence electrons. The summed E-state index contributed by atoms with van der Waals surface area (Å²) in [4.78, 5) is 35.7. The molecule has 3 aliphatic heterocycles. The summed E-state index contributed by atoms with van der Waals surface area (Å²) in [6, 6.07) is 5.41. The summed E-state index contributed by atoms with van der Waals surface area (Å²) in [5, 5.41) is 20.5. The number of nitrogens with one attached hydrogen (secondary N) is 3. The molecule has 0 bridgehead atoms. The number of hydrogen-bond donors (Lipinski definition) is 3. The Bertz CT molecular complexity index is 771. The third-order valence-electron chi connectivity index (χ3n) is 2.27. The van der Waals surface area contributed by atoms with Crippen molar-refractivity contribution in [3.8, 4) is 0 Å². The molecule has 0 fully saturated rings. The Labute approximate surface area is 121 Å². The fourth-order valence-corrected chi connectivity index (χ4v) is 1.55. The van der Waals surface area contributed by atoms with Gasteiger partial charge in [0.25, 0.3) is 17.9 Å². The highest BCUT2D eigenvalue weighted by Crippen LogP contribution is 2.17. The summed E-state index contributed by atoms with van der Waals surface area (Å²) >= 11 is 0. The van der Waals surface area contributed by atoms with Gasteiger partial charge in [-0.25, -0.2) is 21.1 Å². The molecule has 13 heteroatoms. The van der Waals surface area contributed by atoms with E-state index in [-0.39, 0.29) is 35.8 Å². The van der Waals surface area contributed by atoms with Gasteiger partial charge in [0.15, 0.2) is 0 Å². The Kier molecular flexibility index (Phi) is 3.04. The van der Waals surface area contributed by atoms with Crippen molar-refractivity contribution in [1.82, 2.24) is 4.90 Å². The van der Waals surface area contributed by atoms with Gasteiger partial charge in [-0.1, -0.05) is 0 Å². The first-order chi connectivity index (χ1) is 10.7. The van der Waals surface area contributed by atoms with Crippen LogP contribution < -0.4 is 0 Å². The predicted octanol–water partition coefficient (Wildman–Crippen LogP) is -0.277. The molecule has 3 heterocycles. The Hall–Kier alpha value is -4.04. The van der Waals surface area contributed by atoms with Crippen molar-refractivity contribution >= 4 is 53.8 Å². The molecule has 0 aliphatic carbocycles. The van der Waals surface area contributed by atoms with Gasteiger partial charge in [0.1, 0.15) is 0 Å². The summed E-state index contributed by atoms with van der Waals surface area (Å²) < 4.78 is 0. The monoisotopic (exact) mass is 293 g/mol. The van der Waals surface area contributed by atoms with Crippen molar-refractivity contribution in [2.75, 3.05) is 0 Å². The van der Waals surface area contributed by atoms with E-state index in [0.717, 1.165) is 0 Å². The maximum absolute atomic E-state index is 6.85. The van der Waals surface area contributed by atoms with E-state index in [9.17, 15) is 0 Å². The molecular weight excluding hydrogens is 290 g/mol. The normalized spacial score (nSPS) is 17.7. The first-order valence-electron chi connectivity index (χ1n) is 5.45. The second-order valence-corrected chi connectivity index (χ2v) is 3.48. The highest BCUT2D eigenvalue weighted by Gasteiger charge is 2.34. The molecule has 3 N–H and O–H groups in total. The van der Waals surface area contributed by atoms with Crippen LogP contribution in [0.5, 0.6) is 0 Å². The average Bonchev–Trinajstić information content (AvgIpc) is 2.47. The Morgan fingerprint density at radius 2 is 0.909 bits per heavy atom. The molecule has 13 nitrogen and oxygen atoms in total. The molecule has 0 saturated heterocycles. The minimum Gasteiger partial charge on any atom is -0.241 e. The van der Waals surface area contributed by atoms with E-state index in [2.05, 4.69) is 44.9 Å². The molecule has 0 spiro atoms. The number of aliphatic imine (C=N–C) groups is 9. The van der Waals surface area contributed by atoms with Crippen LogP contribution in [0.15, 0.2) is 44.9 Å². The first-order valence-corrected chi connectivity index (χ1v) is 5.45. The molecule has 0 radical (unpaired) electrons. The first kappa shape index (κ1) is 13.0. The molecule has 0 atom stereocenters. The van der Waals surface area contributed by atoms with Crippen LogP contribution in [0.1, 0.15) is 0 Å². The summed E-state index contributed by atoms with van der Waals surface area (Å²) in [6.07, 6.45) is 0. The largest absolute Gasteiger partial charge is 0.265 e. The number of nitrogens with zero attached hydrogens (tertiary/aromatic N) is 10. The number of hydrogen-bond acceptors (Lipinski definition) is 13. The van der Waals surface area contributed by atoms with Crippen LogP contribution in [0.2, 0.25) is 0 Å². The third-order valence-corrected chi connectivity index (χ3v) is 2.27. The minimum atomic E-state index is -0.108. The fourth-order valence-electron chi connectivity index (χ4n) is 1.55. The van der Waals surface area contributed by atoms with Crippen molar-refractivity contribution in [2.45, 2.75) is 0 Å². The van der Waals surface area contributed by atoms with Crippen molar-refractivity contribution < 1.29 is 0 Å². The predicted molar refractivity (Wildman–Crippen MR) is 76.9 cm³/mol. The second kappa shape index (κ2) is 5.15. The summed E-state index contributed by atoms with van der Waals surface area (Å²) in [7, 11) is 0. The van der Waals surface area contributed by atoms with Crippen LogP contribution in [-0.4, -0.2) is 58.7 Å². The molecule has 0 aromatic rings. The number of rotatable bonds is 0. The Balaban J connectivity index is 2.23. The van der Waals surface area contributed by atoms with E-state index in [1.165, 1.54) is 4.90 Å². The van der Waals surface area contributed by atoms with Crippen LogP contribution >= 0.6 is 0 Å². The van der Waals surface area contributed by atoms with E-state index in [4.69, 9.17) is 16.2 Å². The van der Waals surface area contributed by atoms with Gasteiger partial charge in [0.05, 0.1) is 18.0 Å². The van der Waals surface area contributed by atoms with Gasteiger partial charge in [-0.15, -0.1) is 15.0 Å². The molecule has 3 aliphatic rings. The van der Waals surface area contributed by atoms with Crippen molar-refractivity contribution in [3.63, 3.8) is 0 Å². The van der Waals surface area contributed by atoms with Gasteiger partial charge in [-0.3, -0.25) is 0 Å². The van der Waals surface area contributed by atoms with Gasteiger partial charge in [-0.05, 0) is 0 Å². The highest BCUT2D eigenvalue weighted by atomic mass is 15.5. The fraction of sp³-hybridized carbons (Fsp3) is 0. The van der Waals surface area contributed by atoms with Crippen molar-refractivity contribution in [2.24, 2.45) is 44.9 Å². The third kappa shape index (κ3) is 2.13. The molecule has 3 rings (SSSR count). The van der Waals surface area contributed by atoms with Gasteiger partial charge < -0.3 is 0 Å². The quantitative estimate of drug-likeness (QED) is 0.510. The van der Waals surface area contributed by atoms with Gasteiger partial charge in [0, 0.05) is 0 Å². The van der Waals surface area contributed by atoms with Gasteiger partial charge in [0.2, 0.25) is 17.9 Å². The lowest BCUT2D eigenvalue weighted by Crippen LogP contribution is -2.47. The Morgan fingerprint density at radius 3 is 1.18 bits per heavy atom. The standard InChI is InChI=1S/C9H3N13/c10-1-13-4-16-7-18-5(14-2-11)20-9-21-6(15-3-12)19-8(17-4)22(7)9/h10-12H. The molecule has 22 heavy (non-hydrogen) atoms. The van der Waals surface area contributed by atoms with Crippen LogP contribution in [0.4, 0.5) is 0 Å². The van der Waals surface area contributed by atoms with E-state index >= 15 is 0 Å². The molecular formula is C9H3N13. The van der Waals surface area contributed by atoms with E-state index in [1.54, 1.807) is 18.0 Å². The van der Waals surface area contributed by atoms with Crippen LogP contribution in [0.25, 0.3) is 0 Å². The van der Waals surface area contributed by atoms with Crippen LogP contribution in [0, 0.1) is 16.2 Å². The molecule has 0 aromatic carbocycles. The summed E-state index contributed by atoms with van der Waals surface area (Å²) in [6.45, 7) is 0. The van der Waals surface area contributed by atoms with E-state index in [1.807, 2.05) is 0 Å².